The molecule has 0 saturated heterocycles. The first-order chi connectivity index (χ1) is 30.5. The lowest BCUT2D eigenvalue weighted by Crippen LogP contribution is -2.41. The molecule has 4 aromatic rings. The van der Waals surface area contributed by atoms with Gasteiger partial charge in [-0.2, -0.15) is 5.10 Å². The Hall–Kier alpha value is -6.48. The van der Waals surface area contributed by atoms with Crippen molar-refractivity contribution in [3.05, 3.63) is 110 Å². The van der Waals surface area contributed by atoms with E-state index in [0.717, 1.165) is 28.4 Å². The third-order valence-electron chi connectivity index (χ3n) is 9.37. The summed E-state index contributed by atoms with van der Waals surface area (Å²) < 4.78 is 43.4. The van der Waals surface area contributed by atoms with Gasteiger partial charge >= 0.3 is 23.9 Å². The van der Waals surface area contributed by atoms with Gasteiger partial charge in [0.2, 0.25) is 5.13 Å². The largest absolute Gasteiger partial charge is 0.488 e. The highest BCUT2D eigenvalue weighted by Gasteiger charge is 2.37. The molecule has 354 valence electrons. The van der Waals surface area contributed by atoms with E-state index in [4.69, 9.17) is 33.2 Å². The maximum absolute atomic E-state index is 14.2. The van der Waals surface area contributed by atoms with Crippen molar-refractivity contribution in [1.82, 2.24) is 4.98 Å². The normalized spacial score (nSPS) is 12.5. The summed E-state index contributed by atoms with van der Waals surface area (Å²) in [4.78, 5) is 55.1. The fourth-order valence-corrected chi connectivity index (χ4v) is 8.78. The van der Waals surface area contributed by atoms with Crippen LogP contribution in [0.25, 0.3) is 10.2 Å². The zero-order chi connectivity index (χ0) is 49.3. The number of para-hydroxylation sites is 1. The van der Waals surface area contributed by atoms with Gasteiger partial charge in [-0.1, -0.05) is 43.2 Å². The molecule has 0 atom stereocenters. The molecule has 0 saturated carbocycles. The van der Waals surface area contributed by atoms with Gasteiger partial charge < -0.3 is 33.2 Å². The molecule has 1 N–H and O–H groups in total. The number of thiazole rings is 1. The third-order valence-corrected chi connectivity index (χ3v) is 10.3. The molecular weight excluding hydrogens is 863 g/mol. The number of esters is 4. The average molecular weight is 926 g/mol. The summed E-state index contributed by atoms with van der Waals surface area (Å²) in [6.45, 7) is 32.2. The quantitative estimate of drug-likeness (QED) is 0.0186. The minimum Gasteiger partial charge on any atom is -0.488 e. The van der Waals surface area contributed by atoms with Gasteiger partial charge in [0, 0.05) is 43.1 Å². The Labute approximate surface area is 392 Å². The molecular formula is C51H63N3O11S. The van der Waals surface area contributed by atoms with Crippen molar-refractivity contribution in [1.29, 1.82) is 0 Å². The van der Waals surface area contributed by atoms with Gasteiger partial charge in [-0.25, -0.2) is 24.2 Å². The summed E-state index contributed by atoms with van der Waals surface area (Å²) in [5.74, 6) is -1.35. The average Bonchev–Trinajstić information content (AvgIpc) is 3.59. The van der Waals surface area contributed by atoms with Gasteiger partial charge in [0.15, 0.2) is 11.5 Å². The van der Waals surface area contributed by atoms with Crippen LogP contribution in [0.5, 0.6) is 23.0 Å². The summed E-state index contributed by atoms with van der Waals surface area (Å²) in [6.07, 6.45) is 5.64. The molecule has 0 aliphatic rings. The van der Waals surface area contributed by atoms with Crippen molar-refractivity contribution in [2.45, 2.75) is 136 Å². The van der Waals surface area contributed by atoms with Crippen LogP contribution in [0.2, 0.25) is 0 Å². The smallest absolute Gasteiger partial charge is 0.343 e. The van der Waals surface area contributed by atoms with E-state index >= 15 is 0 Å². The van der Waals surface area contributed by atoms with Crippen molar-refractivity contribution in [2.24, 2.45) is 5.10 Å². The number of rotatable bonds is 23. The van der Waals surface area contributed by atoms with Gasteiger partial charge in [0.05, 0.1) is 22.0 Å². The number of benzene rings is 3. The second kappa shape index (κ2) is 20.8. The van der Waals surface area contributed by atoms with Crippen LogP contribution >= 0.6 is 11.3 Å². The fourth-order valence-electron chi connectivity index (χ4n) is 7.97. The summed E-state index contributed by atoms with van der Waals surface area (Å²) in [6, 6.07) is 17.3. The summed E-state index contributed by atoms with van der Waals surface area (Å²) in [7, 11) is 0. The van der Waals surface area contributed by atoms with Crippen LogP contribution in [-0.2, 0) is 28.6 Å². The number of nitrogens with zero attached hydrogens (tertiary/aromatic N) is 2. The molecule has 14 nitrogen and oxygen atoms in total. The number of fused-ring (bicyclic) bond motifs is 1. The Morgan fingerprint density at radius 3 is 1.61 bits per heavy atom. The van der Waals surface area contributed by atoms with Gasteiger partial charge in [0.25, 0.3) is 0 Å². The molecule has 0 aliphatic heterocycles. The number of nitrogens with one attached hydrogen (secondary N) is 1. The SMILES string of the molecule is C=CC(=O)OC(C)(C)CC(C)(C)Oc1ccc(OC(=O)c2ccc(OC(C)(C)CC(C)(C)OC(=O)C=C)c(OC(C)(C)CC(C)(C)OC(=O)C=C)c2)c(/C=N/Nc2nc3ccccc3s2)c1. The lowest BCUT2D eigenvalue weighted by Gasteiger charge is -2.37. The van der Waals surface area contributed by atoms with Crippen molar-refractivity contribution in [3.63, 3.8) is 0 Å². The van der Waals surface area contributed by atoms with E-state index in [1.165, 1.54) is 23.6 Å². The molecule has 0 amide bonds. The maximum atomic E-state index is 14.2. The van der Waals surface area contributed by atoms with Crippen molar-refractivity contribution in [2.75, 3.05) is 5.43 Å². The van der Waals surface area contributed by atoms with E-state index in [-0.39, 0.29) is 35.7 Å². The highest BCUT2D eigenvalue weighted by atomic mass is 32.1. The predicted octanol–water partition coefficient (Wildman–Crippen LogP) is 11.1. The van der Waals surface area contributed by atoms with Crippen LogP contribution in [0.4, 0.5) is 5.13 Å². The summed E-state index contributed by atoms with van der Waals surface area (Å²) >= 11 is 1.43. The molecule has 0 radical (unpaired) electrons. The van der Waals surface area contributed by atoms with E-state index in [1.807, 2.05) is 65.8 Å². The Morgan fingerprint density at radius 2 is 1.09 bits per heavy atom. The topological polar surface area (TPSA) is 170 Å². The molecule has 0 aliphatic carbocycles. The lowest BCUT2D eigenvalue weighted by atomic mass is 9.91. The number of carbonyl (C=O) groups excluding carboxylic acids is 4. The van der Waals surface area contributed by atoms with Gasteiger partial charge in [0.1, 0.15) is 45.1 Å². The highest BCUT2D eigenvalue weighted by Crippen LogP contribution is 2.39. The molecule has 1 aromatic heterocycles. The van der Waals surface area contributed by atoms with Crippen LogP contribution in [-0.4, -0.2) is 68.7 Å². The second-order valence-electron chi connectivity index (χ2n) is 19.4. The van der Waals surface area contributed by atoms with Crippen LogP contribution in [0.3, 0.4) is 0 Å². The molecule has 0 bridgehead atoms. The first-order valence-corrected chi connectivity index (χ1v) is 22.1. The zero-order valence-corrected chi connectivity index (χ0v) is 40.9. The van der Waals surface area contributed by atoms with E-state index in [9.17, 15) is 19.2 Å². The summed E-state index contributed by atoms with van der Waals surface area (Å²) in [5, 5.41) is 4.99. The van der Waals surface area contributed by atoms with Crippen LogP contribution in [0, 0.1) is 0 Å². The number of hydrogen-bond acceptors (Lipinski definition) is 15. The Bertz CT molecular complexity index is 2450. The molecule has 3 aromatic carbocycles. The maximum Gasteiger partial charge on any atom is 0.343 e. The standard InChI is InChI=1S/C51H63N3O11S/c1-16-41(55)63-49(10,11)30-46(4,5)60-35-24-26-37(34(27-35)29-52-54-45-53-36-21-19-20-22-40(36)66-45)59-44(58)33-23-25-38(61-47(6,7)31-50(12,13)64-42(56)17-2)39(28-33)62-48(8,9)32-51(14,15)65-43(57)18-3/h16-29H,1-3,30-32H2,4-15H3,(H,53,54)/b52-29+. The van der Waals surface area contributed by atoms with Crippen molar-refractivity contribution >= 4 is 56.8 Å². The molecule has 1 heterocycles. The van der Waals surface area contributed by atoms with Crippen LogP contribution < -0.4 is 24.4 Å². The molecule has 15 heteroatoms. The molecule has 0 spiro atoms. The number of hydrogen-bond donors (Lipinski definition) is 1. The predicted molar refractivity (Wildman–Crippen MR) is 258 cm³/mol. The Balaban J connectivity index is 1.71. The number of hydrazone groups is 1. The number of carbonyl (C=O) groups is 4. The summed E-state index contributed by atoms with van der Waals surface area (Å²) in [5.41, 5.74) is -1.22. The van der Waals surface area contributed by atoms with Crippen molar-refractivity contribution in [3.8, 4) is 23.0 Å². The number of anilines is 1. The van der Waals surface area contributed by atoms with Gasteiger partial charge in [-0.15, -0.1) is 0 Å². The minimum absolute atomic E-state index is 0.122. The molecule has 0 fully saturated rings. The van der Waals surface area contributed by atoms with E-state index < -0.39 is 57.5 Å². The fraction of sp³-hybridized carbons (Fsp3) is 0.412. The van der Waals surface area contributed by atoms with Gasteiger partial charge in [-0.05, 0) is 132 Å². The number of ether oxygens (including phenoxy) is 7. The first kappa shape index (κ1) is 52.1. The third kappa shape index (κ3) is 16.2. The van der Waals surface area contributed by atoms with Crippen LogP contribution in [0.15, 0.2) is 104 Å². The zero-order valence-electron chi connectivity index (χ0n) is 40.1. The monoisotopic (exact) mass is 925 g/mol. The van der Waals surface area contributed by atoms with E-state index in [2.05, 4.69) is 35.2 Å². The Kier molecular flexibility index (Phi) is 16.4. The number of aromatic nitrogens is 1. The molecule has 66 heavy (non-hydrogen) atoms. The molecule has 4 rings (SSSR count). The first-order valence-electron chi connectivity index (χ1n) is 21.3. The second-order valence-corrected chi connectivity index (χ2v) is 20.4. The van der Waals surface area contributed by atoms with Crippen LogP contribution in [0.1, 0.15) is 118 Å². The highest BCUT2D eigenvalue weighted by molar-refractivity contribution is 7.22. The van der Waals surface area contributed by atoms with Gasteiger partial charge in [-0.3, -0.25) is 5.43 Å². The van der Waals surface area contributed by atoms with Crippen molar-refractivity contribution < 1.29 is 52.3 Å². The van der Waals surface area contributed by atoms with E-state index in [1.54, 1.807) is 71.9 Å². The lowest BCUT2D eigenvalue weighted by molar-refractivity contribution is -0.155. The molecule has 0 unspecified atom stereocenters. The Morgan fingerprint density at radius 1 is 0.606 bits per heavy atom. The minimum atomic E-state index is -0.986. The van der Waals surface area contributed by atoms with E-state index in [0.29, 0.717) is 22.9 Å².